The molecule has 1 heterocycles. The number of rotatable bonds is 3. The molecule has 3 N–H and O–H groups in total. The highest BCUT2D eigenvalue weighted by Crippen LogP contribution is 2.29. The summed E-state index contributed by atoms with van der Waals surface area (Å²) in [6.07, 6.45) is 3.29. The van der Waals surface area contributed by atoms with Gasteiger partial charge in [-0.3, -0.25) is 0 Å². The van der Waals surface area contributed by atoms with Crippen molar-refractivity contribution in [2.24, 2.45) is 0 Å². The summed E-state index contributed by atoms with van der Waals surface area (Å²) in [5.74, 6) is -1.26. The van der Waals surface area contributed by atoms with Crippen molar-refractivity contribution in [3.63, 3.8) is 0 Å². The molecule has 0 bridgehead atoms. The van der Waals surface area contributed by atoms with Crippen LogP contribution in [0.3, 0.4) is 0 Å². The average Bonchev–Trinajstić information content (AvgIpc) is 2.33. The number of aromatic hydroxyl groups is 2. The van der Waals surface area contributed by atoms with Gasteiger partial charge in [0.2, 0.25) is 6.54 Å². The Morgan fingerprint density at radius 3 is 2.22 bits per heavy atom. The molecular formula is C13H12NO4+. The number of aliphatic carboxylic acids is 1. The van der Waals surface area contributed by atoms with Gasteiger partial charge < -0.3 is 15.3 Å². The lowest BCUT2D eigenvalue weighted by atomic mass is 10.1. The van der Waals surface area contributed by atoms with Crippen molar-refractivity contribution < 1.29 is 24.7 Å². The SMILES string of the molecule is O=C(O)C[n+]1ccc(-c2ccc(O)c(O)c2)cc1. The topological polar surface area (TPSA) is 81.6 Å². The molecule has 1 aromatic heterocycles. The van der Waals surface area contributed by atoms with Crippen molar-refractivity contribution in [1.82, 2.24) is 0 Å². The number of carboxylic acid groups (broad SMARTS) is 1. The molecule has 0 unspecified atom stereocenters. The highest BCUT2D eigenvalue weighted by Gasteiger charge is 2.08. The number of benzene rings is 1. The fourth-order valence-electron chi connectivity index (χ4n) is 1.61. The van der Waals surface area contributed by atoms with Crippen LogP contribution in [0, 0.1) is 0 Å². The summed E-state index contributed by atoms with van der Waals surface area (Å²) in [6.45, 7) is -0.0961. The smallest absolute Gasteiger partial charge is 0.370 e. The van der Waals surface area contributed by atoms with Crippen molar-refractivity contribution in [2.45, 2.75) is 6.54 Å². The third-order valence-electron chi connectivity index (χ3n) is 2.52. The fourth-order valence-corrected chi connectivity index (χ4v) is 1.61. The van der Waals surface area contributed by atoms with Gasteiger partial charge in [-0.05, 0) is 23.3 Å². The number of hydrogen-bond acceptors (Lipinski definition) is 3. The quantitative estimate of drug-likeness (QED) is 0.560. The molecule has 0 saturated carbocycles. The molecule has 0 aliphatic carbocycles. The number of phenols is 2. The number of carbonyl (C=O) groups is 1. The first-order valence-electron chi connectivity index (χ1n) is 5.29. The van der Waals surface area contributed by atoms with Crippen molar-refractivity contribution >= 4 is 5.97 Å². The lowest BCUT2D eigenvalue weighted by Gasteiger charge is -2.03. The third kappa shape index (κ3) is 2.57. The highest BCUT2D eigenvalue weighted by molar-refractivity contribution is 5.66. The van der Waals surface area contributed by atoms with Crippen LogP contribution < -0.4 is 4.57 Å². The van der Waals surface area contributed by atoms with Gasteiger partial charge >= 0.3 is 5.97 Å². The van der Waals surface area contributed by atoms with Crippen LogP contribution in [-0.2, 0) is 11.3 Å². The largest absolute Gasteiger partial charge is 0.504 e. The molecule has 0 aliphatic heterocycles. The average molecular weight is 246 g/mol. The van der Waals surface area contributed by atoms with Crippen LogP contribution in [0.1, 0.15) is 0 Å². The number of pyridine rings is 1. The van der Waals surface area contributed by atoms with E-state index in [1.54, 1.807) is 30.6 Å². The molecule has 1 aromatic carbocycles. The van der Waals surface area contributed by atoms with Crippen LogP contribution in [-0.4, -0.2) is 21.3 Å². The summed E-state index contributed by atoms with van der Waals surface area (Å²) in [5, 5.41) is 27.3. The highest BCUT2D eigenvalue weighted by atomic mass is 16.4. The van der Waals surface area contributed by atoms with E-state index in [0.717, 1.165) is 11.1 Å². The van der Waals surface area contributed by atoms with Gasteiger partial charge in [0.25, 0.3) is 0 Å². The minimum absolute atomic E-state index is 0.0961. The Morgan fingerprint density at radius 2 is 1.67 bits per heavy atom. The maximum absolute atomic E-state index is 10.5. The maximum atomic E-state index is 10.5. The van der Waals surface area contributed by atoms with Crippen LogP contribution in [0.4, 0.5) is 0 Å². The van der Waals surface area contributed by atoms with E-state index in [0.29, 0.717) is 0 Å². The number of phenolic OH excluding ortho intramolecular Hbond substituents is 2. The first-order chi connectivity index (χ1) is 8.56. The first-order valence-corrected chi connectivity index (χ1v) is 5.29. The summed E-state index contributed by atoms with van der Waals surface area (Å²) < 4.78 is 1.53. The van der Waals surface area contributed by atoms with E-state index in [1.807, 2.05) is 0 Å². The Labute approximate surface area is 103 Å². The summed E-state index contributed by atoms with van der Waals surface area (Å²) in [6, 6.07) is 8.02. The zero-order chi connectivity index (χ0) is 13.1. The van der Waals surface area contributed by atoms with E-state index >= 15 is 0 Å². The molecule has 92 valence electrons. The number of nitrogens with zero attached hydrogens (tertiary/aromatic N) is 1. The van der Waals surface area contributed by atoms with Crippen molar-refractivity contribution in [3.8, 4) is 22.6 Å². The lowest BCUT2D eigenvalue weighted by Crippen LogP contribution is -2.36. The second kappa shape index (κ2) is 4.75. The molecule has 5 heteroatoms. The van der Waals surface area contributed by atoms with Gasteiger partial charge in [-0.15, -0.1) is 0 Å². The summed E-state index contributed by atoms with van der Waals surface area (Å²) >= 11 is 0. The van der Waals surface area contributed by atoms with E-state index in [2.05, 4.69) is 0 Å². The van der Waals surface area contributed by atoms with E-state index in [1.165, 1.54) is 16.7 Å². The van der Waals surface area contributed by atoms with E-state index in [4.69, 9.17) is 5.11 Å². The number of aromatic nitrogens is 1. The predicted octanol–water partition coefficient (Wildman–Crippen LogP) is 1.14. The Morgan fingerprint density at radius 1 is 1.00 bits per heavy atom. The van der Waals surface area contributed by atoms with Gasteiger partial charge in [-0.2, -0.15) is 4.57 Å². The summed E-state index contributed by atoms with van der Waals surface area (Å²) in [5.41, 5.74) is 1.57. The lowest BCUT2D eigenvalue weighted by molar-refractivity contribution is -0.685. The standard InChI is InChI=1S/C13H11NO4/c15-11-2-1-10(7-12(11)16)9-3-5-14(6-4-9)8-13(17)18/h1-7H,8H2,(H2,16,17,18)/p+1. The molecular weight excluding hydrogens is 234 g/mol. The molecule has 0 saturated heterocycles. The number of hydrogen-bond donors (Lipinski definition) is 3. The normalized spacial score (nSPS) is 10.2. The molecule has 2 rings (SSSR count). The second-order valence-electron chi connectivity index (χ2n) is 3.86. The first kappa shape index (κ1) is 11.9. The Balaban J connectivity index is 2.28. The van der Waals surface area contributed by atoms with Gasteiger partial charge in [0, 0.05) is 12.1 Å². The van der Waals surface area contributed by atoms with Gasteiger partial charge in [0.05, 0.1) is 0 Å². The maximum Gasteiger partial charge on any atom is 0.370 e. The van der Waals surface area contributed by atoms with Gasteiger partial charge in [-0.25, -0.2) is 4.79 Å². The minimum Gasteiger partial charge on any atom is -0.504 e. The fraction of sp³-hybridized carbons (Fsp3) is 0.0769. The van der Waals surface area contributed by atoms with Crippen molar-refractivity contribution in [1.29, 1.82) is 0 Å². The molecule has 0 radical (unpaired) electrons. The zero-order valence-electron chi connectivity index (χ0n) is 9.45. The molecule has 18 heavy (non-hydrogen) atoms. The minimum atomic E-state index is -0.907. The van der Waals surface area contributed by atoms with Crippen LogP contribution in [0.2, 0.25) is 0 Å². The summed E-state index contributed by atoms with van der Waals surface area (Å²) in [7, 11) is 0. The van der Waals surface area contributed by atoms with Crippen molar-refractivity contribution in [2.75, 3.05) is 0 Å². The Kier molecular flexibility index (Phi) is 3.14. The van der Waals surface area contributed by atoms with E-state index in [-0.39, 0.29) is 18.0 Å². The molecule has 0 spiro atoms. The van der Waals surface area contributed by atoms with E-state index < -0.39 is 5.97 Å². The molecule has 5 nitrogen and oxygen atoms in total. The second-order valence-corrected chi connectivity index (χ2v) is 3.86. The Bertz CT molecular complexity index is 578. The zero-order valence-corrected chi connectivity index (χ0v) is 9.45. The van der Waals surface area contributed by atoms with E-state index in [9.17, 15) is 15.0 Å². The van der Waals surface area contributed by atoms with Crippen LogP contribution in [0.25, 0.3) is 11.1 Å². The molecule has 0 amide bonds. The number of carboxylic acids is 1. The Hall–Kier alpha value is -2.56. The summed E-state index contributed by atoms with van der Waals surface area (Å²) in [4.78, 5) is 10.5. The third-order valence-corrected chi connectivity index (χ3v) is 2.52. The van der Waals surface area contributed by atoms with Gasteiger partial charge in [-0.1, -0.05) is 6.07 Å². The van der Waals surface area contributed by atoms with Crippen molar-refractivity contribution in [3.05, 3.63) is 42.7 Å². The van der Waals surface area contributed by atoms with Gasteiger partial charge in [0.15, 0.2) is 23.9 Å². The monoisotopic (exact) mass is 246 g/mol. The molecule has 0 atom stereocenters. The molecule has 2 aromatic rings. The van der Waals surface area contributed by atoms with Crippen LogP contribution in [0.5, 0.6) is 11.5 Å². The van der Waals surface area contributed by atoms with Gasteiger partial charge in [0.1, 0.15) is 0 Å². The van der Waals surface area contributed by atoms with Crippen LogP contribution in [0.15, 0.2) is 42.7 Å². The predicted molar refractivity (Wildman–Crippen MR) is 63.0 cm³/mol. The molecule has 0 fully saturated rings. The molecule has 0 aliphatic rings. The van der Waals surface area contributed by atoms with Crippen LogP contribution >= 0.6 is 0 Å².